The fourth-order valence-electron chi connectivity index (χ4n) is 4.50. The molecule has 2 saturated heterocycles. The summed E-state index contributed by atoms with van der Waals surface area (Å²) in [6, 6.07) is 8.55. The van der Waals surface area contributed by atoms with Gasteiger partial charge in [-0.15, -0.1) is 0 Å². The van der Waals surface area contributed by atoms with Crippen molar-refractivity contribution in [3.63, 3.8) is 0 Å². The van der Waals surface area contributed by atoms with E-state index in [0.29, 0.717) is 23.8 Å². The van der Waals surface area contributed by atoms with Crippen LogP contribution in [0, 0.1) is 11.8 Å². The number of benzene rings is 1. The van der Waals surface area contributed by atoms with Crippen LogP contribution in [0.5, 0.6) is 0 Å². The molecule has 0 bridgehead atoms. The fourth-order valence-corrected chi connectivity index (χ4v) is 4.50. The van der Waals surface area contributed by atoms with E-state index in [0.717, 1.165) is 18.1 Å². The number of nitrogens with one attached hydrogen (secondary N) is 3. The largest absolute Gasteiger partial charge is 0.344 e. The zero-order valence-corrected chi connectivity index (χ0v) is 16.2. The summed E-state index contributed by atoms with van der Waals surface area (Å²) < 4.78 is 0. The first-order valence-electron chi connectivity index (χ1n) is 9.71. The minimum Gasteiger partial charge on any atom is -0.327 e. The highest BCUT2D eigenvalue weighted by molar-refractivity contribution is 6.08. The Labute approximate surface area is 160 Å². The second-order valence-electron chi connectivity index (χ2n) is 8.01. The molecule has 0 radical (unpaired) electrons. The maximum atomic E-state index is 13.0. The summed E-state index contributed by atoms with van der Waals surface area (Å²) in [7, 11) is 0. The van der Waals surface area contributed by atoms with Gasteiger partial charge in [0, 0.05) is 11.8 Å². The van der Waals surface area contributed by atoms with Crippen LogP contribution < -0.4 is 15.6 Å². The number of carbonyl (C=O) groups is 3. The third kappa shape index (κ3) is 3.83. The van der Waals surface area contributed by atoms with Gasteiger partial charge < -0.3 is 10.2 Å². The second-order valence-corrected chi connectivity index (χ2v) is 8.01. The van der Waals surface area contributed by atoms with Crippen LogP contribution in [-0.4, -0.2) is 42.5 Å². The van der Waals surface area contributed by atoms with Crippen LogP contribution in [0.3, 0.4) is 0 Å². The number of hydrogen-bond acceptors (Lipinski definition) is 3. The van der Waals surface area contributed by atoms with Crippen molar-refractivity contribution in [2.45, 2.75) is 39.2 Å². The molecular weight excluding hydrogens is 344 g/mol. The third-order valence-corrected chi connectivity index (χ3v) is 5.61. The molecule has 7 heteroatoms. The summed E-state index contributed by atoms with van der Waals surface area (Å²) in [5.74, 6) is 0.387. The number of nitrogens with zero attached hydrogens (tertiary/aromatic N) is 1. The number of amides is 4. The second kappa shape index (κ2) is 7.68. The van der Waals surface area contributed by atoms with Gasteiger partial charge in [0.2, 0.25) is 0 Å². The summed E-state index contributed by atoms with van der Waals surface area (Å²) in [4.78, 5) is 39.2. The summed E-state index contributed by atoms with van der Waals surface area (Å²) in [6.07, 6.45) is 1.58. The predicted molar refractivity (Wildman–Crippen MR) is 100 cm³/mol. The average molecular weight is 373 g/mol. The summed E-state index contributed by atoms with van der Waals surface area (Å²) in [5.41, 5.74) is 2.11. The van der Waals surface area contributed by atoms with Crippen molar-refractivity contribution >= 4 is 17.8 Å². The molecule has 2 fully saturated rings. The zero-order chi connectivity index (χ0) is 19.6. The number of carbonyl (C=O) groups excluding carboxylic acids is 3. The Bertz CT molecular complexity index is 713. The van der Waals surface area contributed by atoms with Crippen LogP contribution in [0.1, 0.15) is 39.2 Å². The van der Waals surface area contributed by atoms with Gasteiger partial charge in [0.05, 0.1) is 13.1 Å². The number of rotatable bonds is 5. The van der Waals surface area contributed by atoms with Gasteiger partial charge >= 0.3 is 6.03 Å². The van der Waals surface area contributed by atoms with Gasteiger partial charge in [-0.1, -0.05) is 51.1 Å². The molecule has 4 atom stereocenters. The molecule has 1 aromatic carbocycles. The Kier molecular flexibility index (Phi) is 5.51. The lowest BCUT2D eigenvalue weighted by atomic mass is 9.87. The quantitative estimate of drug-likeness (QED) is 0.655. The average Bonchev–Trinajstić information content (AvgIpc) is 2.86. The lowest BCUT2D eigenvalue weighted by molar-refractivity contribution is -0.904. The van der Waals surface area contributed by atoms with Crippen molar-refractivity contribution < 1.29 is 19.3 Å². The van der Waals surface area contributed by atoms with E-state index in [-0.39, 0.29) is 12.5 Å². The van der Waals surface area contributed by atoms with Crippen molar-refractivity contribution in [1.29, 1.82) is 0 Å². The normalized spacial score (nSPS) is 30.9. The van der Waals surface area contributed by atoms with Gasteiger partial charge in [-0.25, -0.2) is 4.79 Å². The molecule has 0 saturated carbocycles. The van der Waals surface area contributed by atoms with E-state index < -0.39 is 17.5 Å². The van der Waals surface area contributed by atoms with Crippen LogP contribution in [0.25, 0.3) is 0 Å². The number of piperidine rings is 1. The minimum absolute atomic E-state index is 0.260. The molecule has 0 aliphatic carbocycles. The molecule has 3 rings (SSSR count). The molecule has 4 amide bonds. The first-order valence-corrected chi connectivity index (χ1v) is 9.71. The first kappa shape index (κ1) is 19.4. The van der Waals surface area contributed by atoms with E-state index in [4.69, 9.17) is 0 Å². The van der Waals surface area contributed by atoms with Crippen LogP contribution in [-0.2, 0) is 15.1 Å². The minimum atomic E-state index is -1.13. The van der Waals surface area contributed by atoms with E-state index in [9.17, 15) is 14.4 Å². The fraction of sp³-hybridized carbons (Fsp3) is 0.550. The topological polar surface area (TPSA) is 83.0 Å². The SMILES string of the molecule is CC[C@@]1(c2ccccc2)NC(=O)N(NC(=O)C[NH+]2C[C@H](C)C[C@H](C)C2)C1=O. The number of urea groups is 1. The number of hydrogen-bond donors (Lipinski definition) is 3. The molecule has 0 aromatic heterocycles. The summed E-state index contributed by atoms with van der Waals surface area (Å²) in [6.45, 7) is 8.36. The van der Waals surface area contributed by atoms with Crippen LogP contribution in [0.2, 0.25) is 0 Å². The maximum absolute atomic E-state index is 13.0. The Morgan fingerprint density at radius 1 is 1.22 bits per heavy atom. The van der Waals surface area contributed by atoms with Crippen LogP contribution >= 0.6 is 0 Å². The van der Waals surface area contributed by atoms with E-state index in [1.807, 2.05) is 37.3 Å². The molecule has 1 unspecified atom stereocenters. The van der Waals surface area contributed by atoms with E-state index in [1.54, 1.807) is 0 Å². The van der Waals surface area contributed by atoms with Gasteiger partial charge in [0.1, 0.15) is 5.54 Å². The van der Waals surface area contributed by atoms with Crippen LogP contribution in [0.15, 0.2) is 30.3 Å². The summed E-state index contributed by atoms with van der Waals surface area (Å²) in [5, 5.41) is 3.61. The number of imide groups is 1. The molecule has 1 aromatic rings. The lowest BCUT2D eigenvalue weighted by Gasteiger charge is -2.31. The molecule has 0 spiro atoms. The smallest absolute Gasteiger partial charge is 0.327 e. The van der Waals surface area contributed by atoms with Gasteiger partial charge in [0.25, 0.3) is 11.8 Å². The highest BCUT2D eigenvalue weighted by atomic mass is 16.2. The Balaban J connectivity index is 1.69. The predicted octanol–water partition coefficient (Wildman–Crippen LogP) is 0.436. The maximum Gasteiger partial charge on any atom is 0.344 e. The molecule has 2 heterocycles. The Morgan fingerprint density at radius 3 is 2.44 bits per heavy atom. The van der Waals surface area contributed by atoms with Gasteiger partial charge in [0.15, 0.2) is 6.54 Å². The third-order valence-electron chi connectivity index (χ3n) is 5.61. The molecular formula is C20H29N4O3+. The van der Waals surface area contributed by atoms with E-state index in [1.165, 1.54) is 11.3 Å². The van der Waals surface area contributed by atoms with E-state index >= 15 is 0 Å². The molecule has 3 N–H and O–H groups in total. The monoisotopic (exact) mass is 373 g/mol. The van der Waals surface area contributed by atoms with Gasteiger partial charge in [-0.3, -0.25) is 15.0 Å². The highest BCUT2D eigenvalue weighted by Crippen LogP contribution is 2.31. The first-order chi connectivity index (χ1) is 12.9. The molecule has 7 nitrogen and oxygen atoms in total. The Hall–Kier alpha value is -2.41. The molecule has 27 heavy (non-hydrogen) atoms. The van der Waals surface area contributed by atoms with Gasteiger partial charge in [-0.05, 0) is 18.4 Å². The van der Waals surface area contributed by atoms with Crippen molar-refractivity contribution in [2.75, 3.05) is 19.6 Å². The molecule has 2 aliphatic heterocycles. The number of quaternary nitrogens is 1. The highest BCUT2D eigenvalue weighted by Gasteiger charge is 2.52. The Morgan fingerprint density at radius 2 is 1.85 bits per heavy atom. The number of likely N-dealkylation sites (tertiary alicyclic amines) is 1. The van der Waals surface area contributed by atoms with Crippen molar-refractivity contribution in [2.24, 2.45) is 11.8 Å². The van der Waals surface area contributed by atoms with Gasteiger partial charge in [-0.2, -0.15) is 5.01 Å². The van der Waals surface area contributed by atoms with Crippen molar-refractivity contribution in [3.8, 4) is 0 Å². The molecule has 2 aliphatic rings. The number of hydrazine groups is 1. The van der Waals surface area contributed by atoms with Crippen LogP contribution in [0.4, 0.5) is 4.79 Å². The van der Waals surface area contributed by atoms with Crippen molar-refractivity contribution in [1.82, 2.24) is 15.8 Å². The lowest BCUT2D eigenvalue weighted by Crippen LogP contribution is -3.15. The van der Waals surface area contributed by atoms with E-state index in [2.05, 4.69) is 24.6 Å². The standard InChI is InChI=1S/C20H28N4O3/c1-4-20(16-8-6-5-7-9-16)18(26)24(19(27)21-20)22-17(25)13-23-11-14(2)10-15(3)12-23/h5-9,14-15H,4,10-13H2,1-3H3,(H,21,27)(H,22,25)/p+1/t14-,15+,20-/m0/s1. The van der Waals surface area contributed by atoms with Crippen molar-refractivity contribution in [3.05, 3.63) is 35.9 Å². The molecule has 146 valence electrons. The summed E-state index contributed by atoms with van der Waals surface area (Å²) >= 11 is 0. The zero-order valence-electron chi connectivity index (χ0n) is 16.2.